The van der Waals surface area contributed by atoms with E-state index in [9.17, 15) is 32.8 Å². The minimum Gasteiger partial charge on any atom is -0.480 e. The molecule has 0 radical (unpaired) electrons. The molecule has 0 aliphatic carbocycles. The number of carboxylic acid groups (broad SMARTS) is 5. The van der Waals surface area contributed by atoms with E-state index < -0.39 is 41.7 Å². The Morgan fingerprint density at radius 2 is 0.805 bits per heavy atom. The fourth-order valence-corrected chi connectivity index (χ4v) is 6.08. The lowest BCUT2D eigenvalue weighted by Gasteiger charge is -2.08. The predicted molar refractivity (Wildman–Crippen MR) is 300 cm³/mol. The number of ether oxygens (including phenoxy) is 1. The number of pyridine rings is 5. The van der Waals surface area contributed by atoms with Crippen LogP contribution in [0.1, 0.15) is 58.1 Å². The van der Waals surface area contributed by atoms with Crippen molar-refractivity contribution in [3.63, 3.8) is 0 Å². The number of hydrogen-bond acceptors (Lipinski definition) is 26. The molecular formula is C53H41F2N21O11. The summed E-state index contributed by atoms with van der Waals surface area (Å²) >= 11 is 0. The smallest absolute Gasteiger partial charge is 0.354 e. The maximum Gasteiger partial charge on any atom is 0.354 e. The van der Waals surface area contributed by atoms with Crippen molar-refractivity contribution >= 4 is 93.2 Å². The average Bonchev–Trinajstić information content (AvgIpc) is 3.70. The Labute approximate surface area is 487 Å². The molecule has 32 nitrogen and oxygen atoms in total. The van der Waals surface area contributed by atoms with Crippen molar-refractivity contribution in [1.82, 2.24) is 74.8 Å². The Bertz CT molecular complexity index is 3940. The van der Waals surface area contributed by atoms with Crippen LogP contribution in [0.2, 0.25) is 0 Å². The number of halogens is 2. The molecule has 0 aromatic carbocycles. The molecule has 0 spiro atoms. The Hall–Kier alpha value is -13.4. The second-order valence-electron chi connectivity index (χ2n) is 16.1. The summed E-state index contributed by atoms with van der Waals surface area (Å²) in [6.45, 7) is 8.65. The summed E-state index contributed by atoms with van der Waals surface area (Å²) in [5.41, 5.74) is 2.92. The summed E-state index contributed by atoms with van der Waals surface area (Å²) in [5.74, 6) is -4.64. The normalized spacial score (nSPS) is 9.83. The Morgan fingerprint density at radius 1 is 0.437 bits per heavy atom. The molecular weight excluding hydrogens is 1140 g/mol. The topological polar surface area (TPSA) is 454 Å². The third kappa shape index (κ3) is 20.6. The van der Waals surface area contributed by atoms with Crippen LogP contribution in [0.3, 0.4) is 0 Å². The monoisotopic (exact) mass is 1190 g/mol. The second kappa shape index (κ2) is 31.6. The van der Waals surface area contributed by atoms with Crippen molar-refractivity contribution in [3.8, 4) is 5.88 Å². The number of nitrogens with one attached hydrogen (secondary N) is 5. The van der Waals surface area contributed by atoms with E-state index in [4.69, 9.17) is 36.8 Å². The highest BCUT2D eigenvalue weighted by molar-refractivity contribution is 5.88. The minimum absolute atomic E-state index is 0.0532. The first-order valence-electron chi connectivity index (χ1n) is 23.9. The van der Waals surface area contributed by atoms with Crippen molar-refractivity contribution in [2.45, 2.75) is 6.92 Å². The highest BCUT2D eigenvalue weighted by Gasteiger charge is 2.12. The fraction of sp³-hybridized carbons (Fsp3) is 0.0377. The quantitative estimate of drug-likeness (QED) is 0.0327. The van der Waals surface area contributed by atoms with Crippen LogP contribution >= 0.6 is 0 Å². The molecule has 0 aliphatic heterocycles. The number of rotatable bonds is 16. The van der Waals surface area contributed by atoms with Gasteiger partial charge in [-0.05, 0) is 67.6 Å². The number of aryl methyl sites for hydroxylation is 1. The standard InChI is InChI=1S/C11H7N5O2.C11H10N4O3.C11H10N4O2.2C10H7FN4O2/c1-12-9-3-2-7(5-13-9)16-10-4-8(11(17)18)14-6-15-10;1-18-10-7(3-2-4-12-10)15-9-5-8(11(16)17)13-6-14-9;1-7-2-3-8(5-12-7)15-10-4-9(11(16)17)13-6-14-10;11-8-2-1-6(4-12-8)15-9-3-7(10(16)17)13-5-14-9;11-9-6(2-1-3-12-9)15-8-4-7(10(16)17)13-5-14-8/h2-6H,(H,17,18)(H,14,15,16);2-6H,1H3,(H,16,17)(H,13,14,15);2-6H,1H3,(H,16,17)(H,13,14,15);2*1-5H,(H,16,17)(H,13,14,15). The molecule has 0 aliphatic rings. The van der Waals surface area contributed by atoms with E-state index in [2.05, 4.69) is 106 Å². The van der Waals surface area contributed by atoms with Crippen LogP contribution in [0, 0.1) is 25.4 Å². The maximum atomic E-state index is 13.2. The molecule has 10 aromatic rings. The van der Waals surface area contributed by atoms with E-state index in [-0.39, 0.29) is 45.8 Å². The van der Waals surface area contributed by atoms with Gasteiger partial charge in [-0.2, -0.15) is 8.78 Å². The predicted octanol–water partition coefficient (Wildman–Crippen LogP) is 7.71. The zero-order valence-corrected chi connectivity index (χ0v) is 44.5. The van der Waals surface area contributed by atoms with Gasteiger partial charge >= 0.3 is 29.8 Å². The highest BCUT2D eigenvalue weighted by atomic mass is 19.1. The first kappa shape index (κ1) is 62.8. The average molecular weight is 1190 g/mol. The zero-order chi connectivity index (χ0) is 62.7. The fourth-order valence-electron chi connectivity index (χ4n) is 6.08. The summed E-state index contributed by atoms with van der Waals surface area (Å²) < 4.78 is 30.8. The molecule has 0 amide bonds. The zero-order valence-electron chi connectivity index (χ0n) is 44.5. The molecule has 0 atom stereocenters. The number of aromatic carboxylic acids is 5. The third-order valence-corrected chi connectivity index (χ3v) is 10.00. The van der Waals surface area contributed by atoms with E-state index in [0.717, 1.165) is 30.4 Å². The summed E-state index contributed by atoms with van der Waals surface area (Å²) in [5, 5.41) is 58.0. The van der Waals surface area contributed by atoms with Gasteiger partial charge in [-0.1, -0.05) is 6.57 Å². The maximum absolute atomic E-state index is 13.2. The lowest BCUT2D eigenvalue weighted by atomic mass is 10.3. The van der Waals surface area contributed by atoms with Gasteiger partial charge in [0, 0.05) is 48.4 Å². The largest absolute Gasteiger partial charge is 0.480 e. The van der Waals surface area contributed by atoms with Gasteiger partial charge in [0.1, 0.15) is 72.6 Å². The van der Waals surface area contributed by atoms with Crippen LogP contribution in [-0.2, 0) is 0 Å². The SMILES string of the molecule is COc1ncccc1Nc1cc(C(=O)O)ncn1.Cc1ccc(Nc2cc(C(=O)O)ncn2)cn1.O=C(O)c1cc(Nc2ccc(F)nc2)ncn1.O=C(O)c1cc(Nc2cccnc2F)ncn1.[C-]#[N+]c1ccc(Nc2cc(C(=O)O)ncn2)cn1. The van der Waals surface area contributed by atoms with Gasteiger partial charge in [0.15, 0.2) is 28.5 Å². The second-order valence-corrected chi connectivity index (χ2v) is 16.1. The van der Waals surface area contributed by atoms with Crippen LogP contribution in [0.4, 0.5) is 72.1 Å². The molecule has 0 fully saturated rings. The molecule has 0 bridgehead atoms. The lowest BCUT2D eigenvalue weighted by molar-refractivity contribution is 0.0679. The first-order valence-corrected chi connectivity index (χ1v) is 23.9. The van der Waals surface area contributed by atoms with Crippen molar-refractivity contribution in [3.05, 3.63) is 211 Å². The number of carbonyl (C=O) groups is 5. The number of anilines is 10. The van der Waals surface area contributed by atoms with E-state index in [1.54, 1.807) is 42.7 Å². The number of carboxylic acids is 5. The van der Waals surface area contributed by atoms with E-state index in [0.29, 0.717) is 46.2 Å². The molecule has 34 heteroatoms. The molecule has 438 valence electrons. The molecule has 0 saturated carbocycles. The number of nitrogens with zero attached hydrogens (tertiary/aromatic N) is 16. The van der Waals surface area contributed by atoms with Crippen molar-refractivity contribution in [1.29, 1.82) is 0 Å². The molecule has 87 heavy (non-hydrogen) atoms. The van der Waals surface area contributed by atoms with Gasteiger partial charge in [0.2, 0.25) is 17.8 Å². The van der Waals surface area contributed by atoms with E-state index in [1.807, 2.05) is 19.1 Å². The lowest BCUT2D eigenvalue weighted by Crippen LogP contribution is -2.04. The number of methoxy groups -OCH3 is 1. The Morgan fingerprint density at radius 3 is 1.15 bits per heavy atom. The Balaban J connectivity index is 0.000000174. The van der Waals surface area contributed by atoms with Gasteiger partial charge in [0.25, 0.3) is 5.82 Å². The summed E-state index contributed by atoms with van der Waals surface area (Å²) in [6, 6.07) is 22.5. The molecule has 10 heterocycles. The summed E-state index contributed by atoms with van der Waals surface area (Å²) in [6.07, 6.45) is 13.0. The number of hydrogen-bond donors (Lipinski definition) is 10. The van der Waals surface area contributed by atoms with E-state index >= 15 is 0 Å². The molecule has 10 N–H and O–H groups in total. The summed E-state index contributed by atoms with van der Waals surface area (Å²) in [7, 11) is 1.50. The number of aromatic nitrogens is 15. The first-order chi connectivity index (χ1) is 41.8. The van der Waals surface area contributed by atoms with Crippen LogP contribution < -0.4 is 31.3 Å². The third-order valence-electron chi connectivity index (χ3n) is 10.00. The van der Waals surface area contributed by atoms with Gasteiger partial charge in [-0.3, -0.25) is 4.98 Å². The highest BCUT2D eigenvalue weighted by Crippen LogP contribution is 2.24. The van der Waals surface area contributed by atoms with Crippen LogP contribution in [0.25, 0.3) is 4.85 Å². The van der Waals surface area contributed by atoms with Crippen molar-refractivity contribution < 1.29 is 63.0 Å². The van der Waals surface area contributed by atoms with Crippen LogP contribution in [0.15, 0.2) is 154 Å². The van der Waals surface area contributed by atoms with Gasteiger partial charge in [-0.25, -0.2) is 88.8 Å². The molecule has 0 unspecified atom stereocenters. The summed E-state index contributed by atoms with van der Waals surface area (Å²) in [4.78, 5) is 113. The van der Waals surface area contributed by atoms with Gasteiger partial charge in [0.05, 0.1) is 42.3 Å². The van der Waals surface area contributed by atoms with Gasteiger partial charge in [-0.15, -0.1) is 4.98 Å². The molecule has 10 rings (SSSR count). The minimum atomic E-state index is -1.18. The Kier molecular flexibility index (Phi) is 22.8. The molecule has 0 saturated heterocycles. The molecule has 10 aromatic heterocycles. The van der Waals surface area contributed by atoms with Crippen molar-refractivity contribution in [2.24, 2.45) is 0 Å². The van der Waals surface area contributed by atoms with Crippen LogP contribution in [-0.4, -0.2) is 137 Å². The van der Waals surface area contributed by atoms with Crippen LogP contribution in [0.5, 0.6) is 5.88 Å². The van der Waals surface area contributed by atoms with Gasteiger partial charge < -0.3 is 61.7 Å². The van der Waals surface area contributed by atoms with Crippen molar-refractivity contribution in [2.75, 3.05) is 33.7 Å². The van der Waals surface area contributed by atoms with E-state index in [1.165, 1.54) is 86.9 Å².